The van der Waals surface area contributed by atoms with E-state index in [0.29, 0.717) is 0 Å². The van der Waals surface area contributed by atoms with Crippen molar-refractivity contribution in [2.45, 2.75) is 126 Å². The van der Waals surface area contributed by atoms with Gasteiger partial charge in [-0.05, 0) is 86.0 Å². The van der Waals surface area contributed by atoms with Gasteiger partial charge in [-0.1, -0.05) is 104 Å². The summed E-state index contributed by atoms with van der Waals surface area (Å²) in [6, 6.07) is 0. The summed E-state index contributed by atoms with van der Waals surface area (Å²) in [7, 11) is 0. The summed E-state index contributed by atoms with van der Waals surface area (Å²) in [5.41, 5.74) is 3.19. The molecule has 0 bridgehead atoms. The van der Waals surface area contributed by atoms with Gasteiger partial charge in [0.2, 0.25) is 0 Å². The van der Waals surface area contributed by atoms with Crippen molar-refractivity contribution >= 4 is 0 Å². The lowest BCUT2D eigenvalue weighted by molar-refractivity contribution is 0.190. The molecule has 4 atom stereocenters. The summed E-state index contributed by atoms with van der Waals surface area (Å²) < 4.78 is 0. The zero-order chi connectivity index (χ0) is 22.1. The second kappa shape index (κ2) is 13.1. The van der Waals surface area contributed by atoms with E-state index >= 15 is 0 Å². The fraction of sp³-hybridized carbons (Fsp3) is 0.867. The van der Waals surface area contributed by atoms with E-state index in [-0.39, 0.29) is 0 Å². The lowest BCUT2D eigenvalue weighted by Crippen LogP contribution is -2.22. The van der Waals surface area contributed by atoms with Crippen LogP contribution in [0.4, 0.5) is 0 Å². The molecule has 0 aromatic heterocycles. The van der Waals surface area contributed by atoms with Gasteiger partial charge in [0.25, 0.3) is 0 Å². The molecule has 0 heteroatoms. The van der Waals surface area contributed by atoms with Crippen LogP contribution in [0.5, 0.6) is 0 Å². The molecular formula is C30H54. The number of allylic oxidation sites excluding steroid dienone is 4. The normalized spacial score (nSPS) is 26.3. The Labute approximate surface area is 190 Å². The monoisotopic (exact) mass is 414 g/mol. The maximum atomic E-state index is 2.57. The molecule has 1 saturated carbocycles. The van der Waals surface area contributed by atoms with Crippen LogP contribution in [-0.2, 0) is 0 Å². The predicted molar refractivity (Wildman–Crippen MR) is 136 cm³/mol. The molecule has 0 radical (unpaired) electrons. The molecule has 0 spiro atoms. The molecule has 0 saturated heterocycles. The largest absolute Gasteiger partial charge is 0.0770 e. The summed E-state index contributed by atoms with van der Waals surface area (Å²) in [6.07, 6.45) is 22.1. The van der Waals surface area contributed by atoms with Crippen LogP contribution in [-0.4, -0.2) is 0 Å². The quantitative estimate of drug-likeness (QED) is 0.263. The third-order valence-corrected chi connectivity index (χ3v) is 8.80. The van der Waals surface area contributed by atoms with Crippen molar-refractivity contribution in [3.8, 4) is 0 Å². The van der Waals surface area contributed by atoms with Crippen molar-refractivity contribution in [3.05, 3.63) is 23.3 Å². The van der Waals surface area contributed by atoms with Crippen LogP contribution in [0.3, 0.4) is 0 Å². The van der Waals surface area contributed by atoms with Crippen LogP contribution >= 0.6 is 0 Å². The van der Waals surface area contributed by atoms with E-state index in [4.69, 9.17) is 0 Å². The molecule has 0 nitrogen and oxygen atoms in total. The molecule has 0 amide bonds. The molecule has 4 unspecified atom stereocenters. The minimum absolute atomic E-state index is 0.732. The van der Waals surface area contributed by atoms with Crippen molar-refractivity contribution in [1.82, 2.24) is 0 Å². The highest BCUT2D eigenvalue weighted by Gasteiger charge is 2.28. The molecular weight excluding hydrogens is 360 g/mol. The van der Waals surface area contributed by atoms with Crippen LogP contribution in [0, 0.1) is 41.4 Å². The summed E-state index contributed by atoms with van der Waals surface area (Å²) in [5.74, 6) is 6.27. The third kappa shape index (κ3) is 8.20. The smallest absolute Gasteiger partial charge is 0.0132 e. The topological polar surface area (TPSA) is 0 Å². The Morgan fingerprint density at radius 2 is 1.60 bits per heavy atom. The number of rotatable bonds is 13. The summed E-state index contributed by atoms with van der Waals surface area (Å²) in [5, 5.41) is 0. The van der Waals surface area contributed by atoms with Crippen molar-refractivity contribution in [3.63, 3.8) is 0 Å². The molecule has 0 aromatic carbocycles. The first-order chi connectivity index (χ1) is 14.3. The minimum Gasteiger partial charge on any atom is -0.0770 e. The molecule has 2 aliphatic rings. The average molecular weight is 415 g/mol. The number of hydrogen-bond acceptors (Lipinski definition) is 0. The van der Waals surface area contributed by atoms with E-state index in [9.17, 15) is 0 Å². The van der Waals surface area contributed by atoms with Gasteiger partial charge in [-0.2, -0.15) is 0 Å². The Hall–Kier alpha value is -0.520. The number of unbranched alkanes of at least 4 members (excludes halogenated alkanes) is 2. The highest BCUT2D eigenvalue weighted by atomic mass is 14.3. The highest BCUT2D eigenvalue weighted by molar-refractivity contribution is 5.33. The van der Waals surface area contributed by atoms with Crippen LogP contribution in [0.15, 0.2) is 23.3 Å². The zero-order valence-corrected chi connectivity index (χ0v) is 21.7. The van der Waals surface area contributed by atoms with E-state index in [0.717, 1.165) is 41.4 Å². The first-order valence-corrected chi connectivity index (χ1v) is 13.7. The SMILES string of the molecule is CCCCCC(C(C)CCC(C)CC1CCC(C(C)C)CC1)C(C)C1=CCC(C)=C1. The Kier molecular flexibility index (Phi) is 11.3. The lowest BCUT2D eigenvalue weighted by atomic mass is 9.72. The summed E-state index contributed by atoms with van der Waals surface area (Å²) >= 11 is 0. The van der Waals surface area contributed by atoms with Gasteiger partial charge in [0.1, 0.15) is 0 Å². The predicted octanol–water partition coefficient (Wildman–Crippen LogP) is 10.0. The maximum absolute atomic E-state index is 2.57. The van der Waals surface area contributed by atoms with Crippen molar-refractivity contribution < 1.29 is 0 Å². The molecule has 1 fully saturated rings. The van der Waals surface area contributed by atoms with Crippen LogP contribution in [0.2, 0.25) is 0 Å². The molecule has 0 aliphatic heterocycles. The number of hydrogen-bond donors (Lipinski definition) is 0. The van der Waals surface area contributed by atoms with Gasteiger partial charge < -0.3 is 0 Å². The fourth-order valence-electron chi connectivity index (χ4n) is 6.44. The maximum Gasteiger partial charge on any atom is -0.0132 e. The van der Waals surface area contributed by atoms with Crippen molar-refractivity contribution in [1.29, 1.82) is 0 Å². The molecule has 174 valence electrons. The molecule has 2 aliphatic carbocycles. The second-order valence-electron chi connectivity index (χ2n) is 11.8. The molecule has 0 N–H and O–H groups in total. The van der Waals surface area contributed by atoms with Gasteiger partial charge in [0, 0.05) is 0 Å². The van der Waals surface area contributed by atoms with E-state index < -0.39 is 0 Å². The van der Waals surface area contributed by atoms with Gasteiger partial charge in [-0.15, -0.1) is 0 Å². The zero-order valence-electron chi connectivity index (χ0n) is 21.7. The molecule has 0 aromatic rings. The second-order valence-corrected chi connectivity index (χ2v) is 11.8. The Balaban J connectivity index is 1.81. The van der Waals surface area contributed by atoms with Crippen molar-refractivity contribution in [2.24, 2.45) is 41.4 Å². The summed E-state index contributed by atoms with van der Waals surface area (Å²) in [6.45, 7) is 17.1. The fourth-order valence-corrected chi connectivity index (χ4v) is 6.44. The first kappa shape index (κ1) is 25.7. The Morgan fingerprint density at radius 3 is 2.17 bits per heavy atom. The molecule has 30 heavy (non-hydrogen) atoms. The lowest BCUT2D eigenvalue weighted by Gasteiger charge is -2.33. The summed E-state index contributed by atoms with van der Waals surface area (Å²) in [4.78, 5) is 0. The Bertz CT molecular complexity index is 528. The van der Waals surface area contributed by atoms with Crippen LogP contribution < -0.4 is 0 Å². The van der Waals surface area contributed by atoms with Gasteiger partial charge in [-0.25, -0.2) is 0 Å². The molecule has 2 rings (SSSR count). The highest BCUT2D eigenvalue weighted by Crippen LogP contribution is 2.39. The van der Waals surface area contributed by atoms with E-state index in [1.807, 2.05) is 0 Å². The first-order valence-electron chi connectivity index (χ1n) is 13.7. The van der Waals surface area contributed by atoms with E-state index in [1.54, 1.807) is 11.1 Å². The molecule has 0 heterocycles. The van der Waals surface area contributed by atoms with Crippen molar-refractivity contribution in [2.75, 3.05) is 0 Å². The average Bonchev–Trinajstić information content (AvgIpc) is 3.16. The van der Waals surface area contributed by atoms with Crippen LogP contribution in [0.25, 0.3) is 0 Å². The standard InChI is InChI=1S/C30H54/c1-8-9-10-11-30(26(7)29-17-13-24(5)21-29)25(6)14-12-23(4)20-27-15-18-28(19-16-27)22(2)3/h17,21-23,25-28,30H,8-16,18-20H2,1-7H3. The van der Waals surface area contributed by atoms with Gasteiger partial charge >= 0.3 is 0 Å². The van der Waals surface area contributed by atoms with Gasteiger partial charge in [-0.3, -0.25) is 0 Å². The van der Waals surface area contributed by atoms with E-state index in [2.05, 4.69) is 60.6 Å². The van der Waals surface area contributed by atoms with Gasteiger partial charge in [0.15, 0.2) is 0 Å². The minimum atomic E-state index is 0.732. The Morgan fingerprint density at radius 1 is 0.900 bits per heavy atom. The third-order valence-electron chi connectivity index (χ3n) is 8.80. The van der Waals surface area contributed by atoms with Crippen LogP contribution in [0.1, 0.15) is 126 Å². The van der Waals surface area contributed by atoms with Gasteiger partial charge in [0.05, 0.1) is 0 Å². The van der Waals surface area contributed by atoms with E-state index in [1.165, 1.54) is 77.0 Å².